The van der Waals surface area contributed by atoms with Crippen LogP contribution in [0.15, 0.2) is 24.3 Å². The Hall–Kier alpha value is -1.75. The standard InChI is InChI=1S/C20H28ClN3O2/c1-2-18(15-5-7-17(21)8-6-15)22-19(25)16-9-13-24(14-10-16)20(26)23-11-3-4-12-23/h5-8,16,18H,2-4,9-14H2,1H3,(H,22,25)/t18-/m1/s1. The van der Waals surface area contributed by atoms with Gasteiger partial charge < -0.3 is 15.1 Å². The van der Waals surface area contributed by atoms with E-state index < -0.39 is 0 Å². The number of amides is 3. The minimum Gasteiger partial charge on any atom is -0.349 e. The summed E-state index contributed by atoms with van der Waals surface area (Å²) in [5, 5.41) is 3.87. The van der Waals surface area contributed by atoms with E-state index in [-0.39, 0.29) is 23.9 Å². The summed E-state index contributed by atoms with van der Waals surface area (Å²) in [4.78, 5) is 29.0. The lowest BCUT2D eigenvalue weighted by atomic mass is 9.94. The van der Waals surface area contributed by atoms with Gasteiger partial charge in [0.25, 0.3) is 0 Å². The summed E-state index contributed by atoms with van der Waals surface area (Å²) in [7, 11) is 0. The van der Waals surface area contributed by atoms with Crippen molar-refractivity contribution >= 4 is 23.5 Å². The summed E-state index contributed by atoms with van der Waals surface area (Å²) in [5.74, 6) is 0.0825. The van der Waals surface area contributed by atoms with Crippen molar-refractivity contribution in [1.82, 2.24) is 15.1 Å². The first kappa shape index (κ1) is 19.0. The minimum atomic E-state index is -0.0148. The lowest BCUT2D eigenvalue weighted by Crippen LogP contribution is -2.48. The summed E-state index contributed by atoms with van der Waals surface area (Å²) in [6.45, 7) is 5.16. The first-order valence-electron chi connectivity index (χ1n) is 9.68. The number of nitrogens with zero attached hydrogens (tertiary/aromatic N) is 2. The molecule has 6 heteroatoms. The Morgan fingerprint density at radius 1 is 1.08 bits per heavy atom. The zero-order chi connectivity index (χ0) is 18.5. The van der Waals surface area contributed by atoms with Crippen molar-refractivity contribution in [3.8, 4) is 0 Å². The Bertz CT molecular complexity index is 620. The van der Waals surface area contributed by atoms with Crippen LogP contribution in [0.3, 0.4) is 0 Å². The molecule has 1 N–H and O–H groups in total. The van der Waals surface area contributed by atoms with Crippen molar-refractivity contribution in [2.45, 2.75) is 45.1 Å². The van der Waals surface area contributed by atoms with Gasteiger partial charge in [0.2, 0.25) is 5.91 Å². The largest absolute Gasteiger partial charge is 0.349 e. The van der Waals surface area contributed by atoms with E-state index in [0.717, 1.165) is 50.8 Å². The molecule has 2 aliphatic rings. The summed E-state index contributed by atoms with van der Waals surface area (Å²) >= 11 is 5.95. The second kappa shape index (κ2) is 8.76. The number of carbonyl (C=O) groups is 2. The quantitative estimate of drug-likeness (QED) is 0.866. The van der Waals surface area contributed by atoms with Crippen molar-refractivity contribution in [1.29, 1.82) is 0 Å². The van der Waals surface area contributed by atoms with Crippen molar-refractivity contribution in [2.75, 3.05) is 26.2 Å². The zero-order valence-electron chi connectivity index (χ0n) is 15.4. The summed E-state index contributed by atoms with van der Waals surface area (Å²) in [6.07, 6.45) is 4.52. The molecule has 1 atom stereocenters. The van der Waals surface area contributed by atoms with Crippen LogP contribution in [0.5, 0.6) is 0 Å². The van der Waals surface area contributed by atoms with Gasteiger partial charge in [0.1, 0.15) is 0 Å². The molecule has 5 nitrogen and oxygen atoms in total. The third-order valence-corrected chi connectivity index (χ3v) is 5.76. The fourth-order valence-corrected chi connectivity index (χ4v) is 3.97. The van der Waals surface area contributed by atoms with Gasteiger partial charge in [0.05, 0.1) is 6.04 Å². The molecular formula is C20H28ClN3O2. The maximum Gasteiger partial charge on any atom is 0.319 e. The highest BCUT2D eigenvalue weighted by Gasteiger charge is 2.31. The van der Waals surface area contributed by atoms with E-state index in [0.29, 0.717) is 18.1 Å². The van der Waals surface area contributed by atoms with Crippen LogP contribution in [0.2, 0.25) is 5.02 Å². The summed E-state index contributed by atoms with van der Waals surface area (Å²) < 4.78 is 0. The molecule has 0 aliphatic carbocycles. The number of benzene rings is 1. The number of carbonyl (C=O) groups excluding carboxylic acids is 2. The molecule has 2 heterocycles. The van der Waals surface area contributed by atoms with E-state index in [1.165, 1.54) is 0 Å². The number of likely N-dealkylation sites (tertiary alicyclic amines) is 2. The molecular weight excluding hydrogens is 350 g/mol. The SMILES string of the molecule is CC[C@@H](NC(=O)C1CCN(C(=O)N2CCCC2)CC1)c1ccc(Cl)cc1. The number of piperidine rings is 1. The van der Waals surface area contributed by atoms with Crippen LogP contribution < -0.4 is 5.32 Å². The molecule has 1 aromatic carbocycles. The molecule has 1 aromatic rings. The van der Waals surface area contributed by atoms with E-state index in [2.05, 4.69) is 12.2 Å². The fraction of sp³-hybridized carbons (Fsp3) is 0.600. The van der Waals surface area contributed by atoms with Gasteiger partial charge in [-0.1, -0.05) is 30.7 Å². The Morgan fingerprint density at radius 2 is 1.65 bits per heavy atom. The highest BCUT2D eigenvalue weighted by molar-refractivity contribution is 6.30. The normalized spacial score (nSPS) is 19.5. The lowest BCUT2D eigenvalue weighted by Gasteiger charge is -2.34. The van der Waals surface area contributed by atoms with Crippen LogP contribution in [0, 0.1) is 5.92 Å². The molecule has 142 valence electrons. The zero-order valence-corrected chi connectivity index (χ0v) is 16.2. The van der Waals surface area contributed by atoms with E-state index in [1.807, 2.05) is 34.1 Å². The van der Waals surface area contributed by atoms with Crippen LogP contribution >= 0.6 is 11.6 Å². The monoisotopic (exact) mass is 377 g/mol. The predicted octanol–water partition coefficient (Wildman–Crippen LogP) is 3.84. The average molecular weight is 378 g/mol. The molecule has 2 saturated heterocycles. The van der Waals surface area contributed by atoms with Gasteiger partial charge in [-0.05, 0) is 49.8 Å². The molecule has 26 heavy (non-hydrogen) atoms. The predicted molar refractivity (Wildman–Crippen MR) is 103 cm³/mol. The Morgan fingerprint density at radius 3 is 2.23 bits per heavy atom. The van der Waals surface area contributed by atoms with Crippen LogP contribution in [-0.4, -0.2) is 47.9 Å². The second-order valence-corrected chi connectivity index (χ2v) is 7.70. The van der Waals surface area contributed by atoms with Gasteiger partial charge in [-0.25, -0.2) is 4.79 Å². The van der Waals surface area contributed by atoms with Crippen LogP contribution in [-0.2, 0) is 4.79 Å². The van der Waals surface area contributed by atoms with Crippen LogP contribution in [0.4, 0.5) is 4.79 Å². The average Bonchev–Trinajstić information content (AvgIpc) is 3.21. The molecule has 0 radical (unpaired) electrons. The molecule has 0 unspecified atom stereocenters. The highest BCUT2D eigenvalue weighted by Crippen LogP contribution is 2.23. The number of hydrogen-bond acceptors (Lipinski definition) is 2. The maximum atomic E-state index is 12.7. The van der Waals surface area contributed by atoms with Gasteiger partial charge in [-0.2, -0.15) is 0 Å². The van der Waals surface area contributed by atoms with Gasteiger partial charge in [-0.3, -0.25) is 4.79 Å². The third-order valence-electron chi connectivity index (χ3n) is 5.51. The van der Waals surface area contributed by atoms with Crippen molar-refractivity contribution in [2.24, 2.45) is 5.92 Å². The molecule has 0 bridgehead atoms. The number of halogens is 1. The topological polar surface area (TPSA) is 52.7 Å². The van der Waals surface area contributed by atoms with Gasteiger partial charge in [-0.15, -0.1) is 0 Å². The first-order valence-corrected chi connectivity index (χ1v) is 10.1. The van der Waals surface area contributed by atoms with Crippen molar-refractivity contribution in [3.63, 3.8) is 0 Å². The Labute approximate surface area is 160 Å². The Balaban J connectivity index is 1.51. The van der Waals surface area contributed by atoms with Crippen LogP contribution in [0.1, 0.15) is 50.6 Å². The van der Waals surface area contributed by atoms with E-state index in [1.54, 1.807) is 0 Å². The maximum absolute atomic E-state index is 12.7. The van der Waals surface area contributed by atoms with E-state index in [4.69, 9.17) is 11.6 Å². The van der Waals surface area contributed by atoms with Gasteiger partial charge in [0.15, 0.2) is 0 Å². The molecule has 2 aliphatic heterocycles. The molecule has 3 amide bonds. The summed E-state index contributed by atoms with van der Waals surface area (Å²) in [5.41, 5.74) is 1.08. The smallest absolute Gasteiger partial charge is 0.319 e. The molecule has 0 spiro atoms. The molecule has 0 aromatic heterocycles. The van der Waals surface area contributed by atoms with E-state index in [9.17, 15) is 9.59 Å². The molecule has 3 rings (SSSR count). The second-order valence-electron chi connectivity index (χ2n) is 7.26. The van der Waals surface area contributed by atoms with Crippen molar-refractivity contribution in [3.05, 3.63) is 34.9 Å². The number of rotatable bonds is 4. The number of nitrogens with one attached hydrogen (secondary N) is 1. The third kappa shape index (κ3) is 4.50. The van der Waals surface area contributed by atoms with Gasteiger partial charge >= 0.3 is 6.03 Å². The first-order chi connectivity index (χ1) is 12.6. The fourth-order valence-electron chi connectivity index (χ4n) is 3.85. The molecule has 2 fully saturated rings. The van der Waals surface area contributed by atoms with Crippen molar-refractivity contribution < 1.29 is 9.59 Å². The molecule has 0 saturated carbocycles. The highest BCUT2D eigenvalue weighted by atomic mass is 35.5. The van der Waals surface area contributed by atoms with Crippen LogP contribution in [0.25, 0.3) is 0 Å². The lowest BCUT2D eigenvalue weighted by molar-refractivity contribution is -0.127. The minimum absolute atomic E-state index is 0.00373. The summed E-state index contributed by atoms with van der Waals surface area (Å²) in [6, 6.07) is 7.79. The van der Waals surface area contributed by atoms with E-state index >= 15 is 0 Å². The Kier molecular flexibility index (Phi) is 6.41. The number of urea groups is 1. The van der Waals surface area contributed by atoms with Gasteiger partial charge in [0, 0.05) is 37.1 Å². The number of hydrogen-bond donors (Lipinski definition) is 1.